The van der Waals surface area contributed by atoms with Crippen molar-refractivity contribution in [1.29, 1.82) is 0 Å². The van der Waals surface area contributed by atoms with Crippen molar-refractivity contribution in [3.8, 4) is 0 Å². The monoisotopic (exact) mass is 354 g/mol. The van der Waals surface area contributed by atoms with Gasteiger partial charge in [0.15, 0.2) is 5.76 Å². The van der Waals surface area contributed by atoms with Crippen LogP contribution in [0, 0.1) is 0 Å². The van der Waals surface area contributed by atoms with Gasteiger partial charge in [0.2, 0.25) is 0 Å². The number of fused-ring (bicyclic) bond motifs is 1. The van der Waals surface area contributed by atoms with Gasteiger partial charge in [-0.05, 0) is 31.4 Å². The normalized spacial score (nSPS) is 17.6. The number of likely N-dealkylation sites (tertiary alicyclic amines) is 1. The summed E-state index contributed by atoms with van der Waals surface area (Å²) in [7, 11) is 0. The molecule has 1 saturated heterocycles. The van der Waals surface area contributed by atoms with E-state index in [-0.39, 0.29) is 0 Å². The van der Waals surface area contributed by atoms with Crippen LogP contribution in [0.3, 0.4) is 0 Å². The van der Waals surface area contributed by atoms with Crippen molar-refractivity contribution in [3.63, 3.8) is 0 Å². The zero-order chi connectivity index (χ0) is 18.1. The van der Waals surface area contributed by atoms with Crippen LogP contribution in [0.5, 0.6) is 0 Å². The molecule has 3 heterocycles. The highest BCUT2D eigenvalue weighted by Crippen LogP contribution is 2.34. The predicted octanol–water partition coefficient (Wildman–Crippen LogP) is 2.66. The number of imidazole rings is 1. The second kappa shape index (κ2) is 6.57. The predicted molar refractivity (Wildman–Crippen MR) is 95.7 cm³/mol. The van der Waals surface area contributed by atoms with Gasteiger partial charge in [0, 0.05) is 19.2 Å². The molecule has 1 N–H and O–H groups in total. The van der Waals surface area contributed by atoms with E-state index >= 15 is 0 Å². The molecule has 4 rings (SSSR count). The third-order valence-corrected chi connectivity index (χ3v) is 5.35. The molecule has 0 bridgehead atoms. The summed E-state index contributed by atoms with van der Waals surface area (Å²) in [6.45, 7) is 4.06. The highest BCUT2D eigenvalue weighted by Gasteiger charge is 2.44. The Morgan fingerprint density at radius 2 is 2.08 bits per heavy atom. The molecule has 0 saturated carbocycles. The van der Waals surface area contributed by atoms with Crippen LogP contribution in [0.4, 0.5) is 0 Å². The number of rotatable bonds is 5. The first-order valence-electron chi connectivity index (χ1n) is 8.95. The number of hydrogen-bond acceptors (Lipinski definition) is 5. The topological polar surface area (TPSA) is 84.4 Å². The Morgan fingerprint density at radius 3 is 2.77 bits per heavy atom. The van der Waals surface area contributed by atoms with Gasteiger partial charge in [-0.1, -0.05) is 24.2 Å². The van der Waals surface area contributed by atoms with Crippen molar-refractivity contribution in [2.75, 3.05) is 13.1 Å². The van der Waals surface area contributed by atoms with Crippen molar-refractivity contribution in [3.05, 3.63) is 48.1 Å². The summed E-state index contributed by atoms with van der Waals surface area (Å²) in [4.78, 5) is 18.8. The lowest BCUT2D eigenvalue weighted by Gasteiger charge is -2.39. The second-order valence-corrected chi connectivity index (χ2v) is 6.85. The number of aromatic nitrogens is 3. The molecule has 3 aromatic rings. The summed E-state index contributed by atoms with van der Waals surface area (Å²) in [5.74, 6) is 0.0333. The fourth-order valence-electron chi connectivity index (χ4n) is 3.76. The molecular weight excluding hydrogens is 332 g/mol. The number of carbonyl (C=O) groups is 1. The molecule has 0 unspecified atom stereocenters. The molecule has 7 heteroatoms. The third kappa shape index (κ3) is 2.78. The molecule has 2 aromatic heterocycles. The Morgan fingerprint density at radius 1 is 1.31 bits per heavy atom. The van der Waals surface area contributed by atoms with Crippen LogP contribution >= 0.6 is 0 Å². The average molecular weight is 354 g/mol. The average Bonchev–Trinajstić information content (AvgIpc) is 3.29. The molecule has 0 atom stereocenters. The van der Waals surface area contributed by atoms with Crippen molar-refractivity contribution in [2.24, 2.45) is 0 Å². The number of nitrogens with zero attached hydrogens (tertiary/aromatic N) is 4. The highest BCUT2D eigenvalue weighted by atomic mass is 16.5. The van der Waals surface area contributed by atoms with Gasteiger partial charge in [-0.3, -0.25) is 4.90 Å². The van der Waals surface area contributed by atoms with Crippen LogP contribution in [-0.2, 0) is 23.3 Å². The standard InChI is InChI=1S/C19H22N4O3/c1-2-14-11-15(26-21-14)12-22-9-7-19(8-10-22,18(24)25)23-13-20-16-5-3-4-6-17(16)23/h3-6,11,13H,2,7-10,12H2,1H3,(H,24,25). The number of aliphatic carboxylic acids is 1. The lowest BCUT2D eigenvalue weighted by Crippen LogP contribution is -2.50. The zero-order valence-electron chi connectivity index (χ0n) is 14.8. The molecule has 1 aromatic carbocycles. The van der Waals surface area contributed by atoms with E-state index < -0.39 is 11.5 Å². The number of carboxylic acid groups (broad SMARTS) is 1. The summed E-state index contributed by atoms with van der Waals surface area (Å²) in [5.41, 5.74) is 1.68. The van der Waals surface area contributed by atoms with Crippen molar-refractivity contribution in [1.82, 2.24) is 19.6 Å². The van der Waals surface area contributed by atoms with Gasteiger partial charge in [0.1, 0.15) is 5.54 Å². The SMILES string of the molecule is CCc1cc(CN2CCC(C(=O)O)(n3cnc4ccccc43)CC2)on1. The summed E-state index contributed by atoms with van der Waals surface area (Å²) in [6.07, 6.45) is 3.56. The van der Waals surface area contributed by atoms with Gasteiger partial charge in [-0.15, -0.1) is 0 Å². The number of para-hydroxylation sites is 2. The Bertz CT molecular complexity index is 922. The first-order chi connectivity index (χ1) is 12.6. The Balaban J connectivity index is 1.55. The van der Waals surface area contributed by atoms with E-state index in [1.165, 1.54) is 0 Å². The molecule has 7 nitrogen and oxygen atoms in total. The van der Waals surface area contributed by atoms with Crippen LogP contribution in [0.2, 0.25) is 0 Å². The summed E-state index contributed by atoms with van der Waals surface area (Å²) >= 11 is 0. The minimum absolute atomic E-state index is 0.525. The maximum atomic E-state index is 12.2. The van der Waals surface area contributed by atoms with Crippen LogP contribution < -0.4 is 0 Å². The third-order valence-electron chi connectivity index (χ3n) is 5.35. The summed E-state index contributed by atoms with van der Waals surface area (Å²) < 4.78 is 7.20. The van der Waals surface area contributed by atoms with Crippen LogP contribution in [0.15, 0.2) is 41.2 Å². The molecule has 1 aliphatic heterocycles. The van der Waals surface area contributed by atoms with Gasteiger partial charge in [0.05, 0.1) is 29.6 Å². The fraction of sp³-hybridized carbons (Fsp3) is 0.421. The van der Waals surface area contributed by atoms with Crippen LogP contribution in [0.25, 0.3) is 11.0 Å². The minimum Gasteiger partial charge on any atom is -0.479 e. The van der Waals surface area contributed by atoms with E-state index in [0.29, 0.717) is 32.5 Å². The second-order valence-electron chi connectivity index (χ2n) is 6.85. The molecule has 136 valence electrons. The smallest absolute Gasteiger partial charge is 0.330 e. The van der Waals surface area contributed by atoms with Crippen molar-refractivity contribution < 1.29 is 14.4 Å². The number of carboxylic acids is 1. The molecule has 1 aliphatic rings. The van der Waals surface area contributed by atoms with Gasteiger partial charge < -0.3 is 14.2 Å². The molecule has 0 aliphatic carbocycles. The van der Waals surface area contributed by atoms with Crippen LogP contribution in [0.1, 0.15) is 31.2 Å². The zero-order valence-corrected chi connectivity index (χ0v) is 14.8. The van der Waals surface area contributed by atoms with E-state index in [0.717, 1.165) is 28.9 Å². The number of aryl methyl sites for hydroxylation is 1. The number of hydrogen-bond donors (Lipinski definition) is 1. The van der Waals surface area contributed by atoms with E-state index in [9.17, 15) is 9.90 Å². The van der Waals surface area contributed by atoms with E-state index in [1.807, 2.05) is 41.8 Å². The molecule has 0 spiro atoms. The Hall–Kier alpha value is -2.67. The van der Waals surface area contributed by atoms with E-state index in [4.69, 9.17) is 4.52 Å². The van der Waals surface area contributed by atoms with Gasteiger partial charge in [-0.25, -0.2) is 9.78 Å². The van der Waals surface area contributed by atoms with Crippen molar-refractivity contribution >= 4 is 17.0 Å². The maximum absolute atomic E-state index is 12.2. The summed E-state index contributed by atoms with van der Waals surface area (Å²) in [6, 6.07) is 9.65. The van der Waals surface area contributed by atoms with Crippen molar-refractivity contribution in [2.45, 2.75) is 38.3 Å². The van der Waals surface area contributed by atoms with Gasteiger partial charge >= 0.3 is 5.97 Å². The molecule has 1 fully saturated rings. The highest BCUT2D eigenvalue weighted by molar-refractivity contribution is 5.82. The van der Waals surface area contributed by atoms with E-state index in [2.05, 4.69) is 15.0 Å². The molecule has 0 radical (unpaired) electrons. The first-order valence-corrected chi connectivity index (χ1v) is 8.95. The van der Waals surface area contributed by atoms with E-state index in [1.54, 1.807) is 6.33 Å². The Labute approximate surface area is 151 Å². The lowest BCUT2D eigenvalue weighted by atomic mass is 9.87. The maximum Gasteiger partial charge on any atom is 0.330 e. The minimum atomic E-state index is -0.956. The first kappa shape index (κ1) is 16.8. The molecule has 0 amide bonds. The van der Waals surface area contributed by atoms with Crippen LogP contribution in [-0.4, -0.2) is 43.8 Å². The number of piperidine rings is 1. The molecular formula is C19H22N4O3. The summed E-state index contributed by atoms with van der Waals surface area (Å²) in [5, 5.41) is 14.1. The van der Waals surface area contributed by atoms with Gasteiger partial charge in [0.25, 0.3) is 0 Å². The quantitative estimate of drug-likeness (QED) is 0.758. The number of benzene rings is 1. The largest absolute Gasteiger partial charge is 0.479 e. The lowest BCUT2D eigenvalue weighted by molar-refractivity contribution is -0.150. The van der Waals surface area contributed by atoms with Gasteiger partial charge in [-0.2, -0.15) is 0 Å². The fourth-order valence-corrected chi connectivity index (χ4v) is 3.76. The Kier molecular flexibility index (Phi) is 4.24. The molecule has 26 heavy (non-hydrogen) atoms.